The lowest BCUT2D eigenvalue weighted by Crippen LogP contribution is -2.33. The summed E-state index contributed by atoms with van der Waals surface area (Å²) in [7, 11) is 1.37. The third kappa shape index (κ3) is 5.37. The molecule has 0 atom stereocenters. The Labute approximate surface area is 217 Å². The molecule has 1 fully saturated rings. The van der Waals surface area contributed by atoms with Crippen molar-refractivity contribution in [3.05, 3.63) is 77.6 Å². The van der Waals surface area contributed by atoms with E-state index in [1.807, 2.05) is 34.9 Å². The van der Waals surface area contributed by atoms with Gasteiger partial charge < -0.3 is 14.6 Å². The molecule has 0 bridgehead atoms. The van der Waals surface area contributed by atoms with E-state index in [1.54, 1.807) is 18.5 Å². The molecule has 1 aliphatic carbocycles. The fourth-order valence-corrected chi connectivity index (χ4v) is 5.34. The van der Waals surface area contributed by atoms with Gasteiger partial charge in [-0.25, -0.2) is 0 Å². The summed E-state index contributed by atoms with van der Waals surface area (Å²) in [6.45, 7) is 0.723. The highest BCUT2D eigenvalue weighted by Crippen LogP contribution is 2.34. The number of pyridine rings is 1. The molecular weight excluding hydrogens is 495 g/mol. The lowest BCUT2D eigenvalue weighted by molar-refractivity contribution is -0.146. The number of hydrogen-bond donors (Lipinski definition) is 1. The molecule has 6 nitrogen and oxygen atoms in total. The molecule has 0 unspecified atom stereocenters. The van der Waals surface area contributed by atoms with Crippen molar-refractivity contribution in [2.75, 3.05) is 13.7 Å². The molecule has 1 saturated carbocycles. The first-order valence-corrected chi connectivity index (χ1v) is 12.6. The maximum absolute atomic E-state index is 13.7. The van der Waals surface area contributed by atoms with Gasteiger partial charge in [0.15, 0.2) is 0 Å². The summed E-state index contributed by atoms with van der Waals surface area (Å²) in [6.07, 6.45) is 1.67. The molecule has 2 heterocycles. The number of rotatable bonds is 6. The van der Waals surface area contributed by atoms with E-state index in [0.717, 1.165) is 41.4 Å². The predicted molar refractivity (Wildman–Crippen MR) is 138 cm³/mol. The molecule has 2 aromatic heterocycles. The number of esters is 1. The van der Waals surface area contributed by atoms with Crippen LogP contribution in [0.4, 0.5) is 13.2 Å². The van der Waals surface area contributed by atoms with Crippen LogP contribution in [0.2, 0.25) is 0 Å². The summed E-state index contributed by atoms with van der Waals surface area (Å²) in [5, 5.41) is 4.17. The fourth-order valence-electron chi connectivity index (χ4n) is 5.34. The first-order valence-electron chi connectivity index (χ1n) is 12.6. The molecule has 5 rings (SSSR count). The van der Waals surface area contributed by atoms with Crippen molar-refractivity contribution < 1.29 is 27.5 Å². The standard InChI is InChI=1S/C29H28F3N3O3/c1-38-28(37)20-7-4-18(5-8-20)16-34-27(36)24-15-23(29(30,31)32)14-22-10-12-35(26(22)24)17-19-6-9-25-21(13-19)3-2-11-33-25/h2-3,6,9-15,18,20H,4-5,7-8,16-17H2,1H3,(H,34,36). The first kappa shape index (κ1) is 25.8. The largest absolute Gasteiger partial charge is 0.469 e. The van der Waals surface area contributed by atoms with Crippen LogP contribution < -0.4 is 5.32 Å². The summed E-state index contributed by atoms with van der Waals surface area (Å²) in [6, 6.07) is 13.2. The smallest absolute Gasteiger partial charge is 0.416 e. The lowest BCUT2D eigenvalue weighted by atomic mass is 9.82. The Hall–Kier alpha value is -3.88. The third-order valence-corrected chi connectivity index (χ3v) is 7.39. The Balaban J connectivity index is 1.40. The molecule has 0 saturated heterocycles. The highest BCUT2D eigenvalue weighted by atomic mass is 19.4. The van der Waals surface area contributed by atoms with Gasteiger partial charge >= 0.3 is 12.1 Å². The minimum absolute atomic E-state index is 0.00877. The number of nitrogens with zero attached hydrogens (tertiary/aromatic N) is 2. The highest BCUT2D eigenvalue weighted by molar-refractivity contribution is 6.06. The van der Waals surface area contributed by atoms with Crippen molar-refractivity contribution in [3.8, 4) is 0 Å². The third-order valence-electron chi connectivity index (χ3n) is 7.39. The van der Waals surface area contributed by atoms with Crippen molar-refractivity contribution in [3.63, 3.8) is 0 Å². The molecule has 0 aliphatic heterocycles. The monoisotopic (exact) mass is 523 g/mol. The van der Waals surface area contributed by atoms with Crippen LogP contribution >= 0.6 is 0 Å². The zero-order chi connectivity index (χ0) is 26.9. The van der Waals surface area contributed by atoms with Gasteiger partial charge in [0.25, 0.3) is 5.91 Å². The number of fused-ring (bicyclic) bond motifs is 2. The summed E-state index contributed by atoms with van der Waals surface area (Å²) < 4.78 is 47.7. The van der Waals surface area contributed by atoms with Crippen LogP contribution in [0.15, 0.2) is 60.9 Å². The van der Waals surface area contributed by atoms with E-state index in [-0.39, 0.29) is 23.4 Å². The van der Waals surface area contributed by atoms with Crippen LogP contribution in [-0.2, 0) is 22.3 Å². The van der Waals surface area contributed by atoms with E-state index in [1.165, 1.54) is 7.11 Å². The van der Waals surface area contributed by atoms with E-state index < -0.39 is 17.6 Å². The second-order valence-corrected chi connectivity index (χ2v) is 9.88. The van der Waals surface area contributed by atoms with Gasteiger partial charge in [0.1, 0.15) is 0 Å². The molecule has 0 radical (unpaired) electrons. The Morgan fingerprint density at radius 2 is 1.84 bits per heavy atom. The number of nitrogens with one attached hydrogen (secondary N) is 1. The van der Waals surface area contributed by atoms with Crippen LogP contribution in [0.5, 0.6) is 0 Å². The zero-order valence-corrected chi connectivity index (χ0v) is 20.9. The minimum atomic E-state index is -4.58. The maximum atomic E-state index is 13.7. The summed E-state index contributed by atoms with van der Waals surface area (Å²) in [5.74, 6) is -0.746. The molecule has 1 aliphatic rings. The highest BCUT2D eigenvalue weighted by Gasteiger charge is 2.33. The SMILES string of the molecule is COC(=O)C1CCC(CNC(=O)c2cc(C(F)(F)F)cc3ccn(Cc4ccc5ncccc5c4)c23)CC1. The van der Waals surface area contributed by atoms with Crippen molar-refractivity contribution in [2.45, 2.75) is 38.4 Å². The molecule has 1 amide bonds. The Morgan fingerprint density at radius 1 is 1.05 bits per heavy atom. The number of aromatic nitrogens is 2. The fraction of sp³-hybridized carbons (Fsp3) is 0.345. The number of benzene rings is 2. The number of ether oxygens (including phenoxy) is 1. The van der Waals surface area contributed by atoms with E-state index in [0.29, 0.717) is 36.8 Å². The van der Waals surface area contributed by atoms with Crippen LogP contribution in [0, 0.1) is 11.8 Å². The Morgan fingerprint density at radius 3 is 2.58 bits per heavy atom. The normalized spacial score (nSPS) is 18.0. The minimum Gasteiger partial charge on any atom is -0.469 e. The van der Waals surface area contributed by atoms with Gasteiger partial charge in [-0.15, -0.1) is 0 Å². The van der Waals surface area contributed by atoms with E-state index in [4.69, 9.17) is 4.74 Å². The number of methoxy groups -OCH3 is 1. The van der Waals surface area contributed by atoms with Gasteiger partial charge in [-0.05, 0) is 73.6 Å². The Kier molecular flexibility index (Phi) is 7.10. The maximum Gasteiger partial charge on any atom is 0.416 e. The number of alkyl halides is 3. The predicted octanol–water partition coefficient (Wildman–Crippen LogP) is 5.97. The molecule has 9 heteroatoms. The average molecular weight is 524 g/mol. The molecule has 1 N–H and O–H groups in total. The summed E-state index contributed by atoms with van der Waals surface area (Å²) in [5.41, 5.74) is 1.38. The van der Waals surface area contributed by atoms with E-state index in [2.05, 4.69) is 10.3 Å². The van der Waals surface area contributed by atoms with Crippen LogP contribution in [-0.4, -0.2) is 35.1 Å². The lowest BCUT2D eigenvalue weighted by Gasteiger charge is -2.27. The van der Waals surface area contributed by atoms with E-state index >= 15 is 0 Å². The molecule has 38 heavy (non-hydrogen) atoms. The number of carbonyl (C=O) groups is 2. The molecule has 198 valence electrons. The molecule has 0 spiro atoms. The number of hydrogen-bond acceptors (Lipinski definition) is 4. The van der Waals surface area contributed by atoms with Gasteiger partial charge in [0, 0.05) is 36.3 Å². The van der Waals surface area contributed by atoms with Gasteiger partial charge in [0.2, 0.25) is 0 Å². The number of amides is 1. The molecular formula is C29H28F3N3O3. The average Bonchev–Trinajstić information content (AvgIpc) is 3.33. The molecule has 2 aromatic carbocycles. The van der Waals surface area contributed by atoms with Crippen LogP contribution in [0.1, 0.15) is 47.2 Å². The number of halogens is 3. The second-order valence-electron chi connectivity index (χ2n) is 9.88. The summed E-state index contributed by atoms with van der Waals surface area (Å²) >= 11 is 0. The Bertz CT molecular complexity index is 1490. The second kappa shape index (κ2) is 10.5. The van der Waals surface area contributed by atoms with Crippen LogP contribution in [0.25, 0.3) is 21.8 Å². The van der Waals surface area contributed by atoms with Crippen molar-refractivity contribution in [1.82, 2.24) is 14.9 Å². The quantitative estimate of drug-likeness (QED) is 0.316. The molecule has 4 aromatic rings. The summed E-state index contributed by atoms with van der Waals surface area (Å²) in [4.78, 5) is 29.4. The van der Waals surface area contributed by atoms with Crippen molar-refractivity contribution >= 4 is 33.7 Å². The number of carbonyl (C=O) groups excluding carboxylic acids is 2. The van der Waals surface area contributed by atoms with Gasteiger partial charge in [-0.2, -0.15) is 13.2 Å². The topological polar surface area (TPSA) is 73.2 Å². The van der Waals surface area contributed by atoms with Gasteiger partial charge in [-0.1, -0.05) is 12.1 Å². The first-order chi connectivity index (χ1) is 18.2. The van der Waals surface area contributed by atoms with Gasteiger partial charge in [-0.3, -0.25) is 14.6 Å². The van der Waals surface area contributed by atoms with Crippen molar-refractivity contribution in [2.24, 2.45) is 11.8 Å². The van der Waals surface area contributed by atoms with Gasteiger partial charge in [0.05, 0.1) is 35.2 Å². The zero-order valence-electron chi connectivity index (χ0n) is 20.9. The van der Waals surface area contributed by atoms with Crippen LogP contribution in [0.3, 0.4) is 0 Å². The van der Waals surface area contributed by atoms with E-state index in [9.17, 15) is 22.8 Å². The van der Waals surface area contributed by atoms with Crippen molar-refractivity contribution in [1.29, 1.82) is 0 Å².